The molecule has 8 rings (SSSR count). The van der Waals surface area contributed by atoms with Gasteiger partial charge in [0.15, 0.2) is 5.82 Å². The van der Waals surface area contributed by atoms with Crippen molar-refractivity contribution in [3.05, 3.63) is 83.6 Å². The molecule has 15 nitrogen and oxygen atoms in total. The molecule has 4 amide bonds. The maximum Gasteiger partial charge on any atom is 0.407 e. The molecule has 1 saturated carbocycles. The van der Waals surface area contributed by atoms with E-state index in [1.54, 1.807) is 11.1 Å². The van der Waals surface area contributed by atoms with Gasteiger partial charge in [0, 0.05) is 35.2 Å². The minimum atomic E-state index is -1.65. The second-order valence-corrected chi connectivity index (χ2v) is 17.0. The number of carbonyl (C=O) groups excluding carboxylic acids is 4. The van der Waals surface area contributed by atoms with Crippen LogP contribution in [0, 0.1) is 29.6 Å². The Hall–Kier alpha value is -6.40. The Bertz CT molecular complexity index is 2570. The first-order valence-electron chi connectivity index (χ1n) is 20.9. The number of rotatable bonds is 9. The van der Waals surface area contributed by atoms with E-state index in [2.05, 4.69) is 44.6 Å². The quantitative estimate of drug-likeness (QED) is 0.109. The van der Waals surface area contributed by atoms with Crippen LogP contribution in [0.3, 0.4) is 0 Å². The Morgan fingerprint density at radius 2 is 1.49 bits per heavy atom. The number of likely N-dealkylation sites (tertiary alicyclic amines) is 2. The summed E-state index contributed by atoms with van der Waals surface area (Å²) in [5.74, 6) is 6.50. The maximum atomic E-state index is 14.0. The van der Waals surface area contributed by atoms with Gasteiger partial charge in [-0.15, -0.1) is 0 Å². The number of hydrogen-bond donors (Lipinski definition) is 5. The fourth-order valence-corrected chi connectivity index (χ4v) is 9.28. The minimum Gasteiger partial charge on any atom is -0.453 e. The Labute approximate surface area is 354 Å². The molecule has 3 aliphatic rings. The van der Waals surface area contributed by atoms with Crippen molar-refractivity contribution in [1.82, 2.24) is 40.4 Å². The van der Waals surface area contributed by atoms with Crippen molar-refractivity contribution >= 4 is 45.8 Å². The first-order valence-corrected chi connectivity index (χ1v) is 20.9. The van der Waals surface area contributed by atoms with Crippen LogP contribution in [0.15, 0.2) is 60.8 Å². The van der Waals surface area contributed by atoms with E-state index >= 15 is 0 Å². The first kappa shape index (κ1) is 41.3. The number of piperidine rings is 1. The van der Waals surface area contributed by atoms with Crippen LogP contribution in [0.1, 0.15) is 88.6 Å². The molecule has 4 heterocycles. The Morgan fingerprint density at radius 3 is 2.20 bits per heavy atom. The van der Waals surface area contributed by atoms with E-state index in [-0.39, 0.29) is 41.7 Å². The smallest absolute Gasteiger partial charge is 0.407 e. The van der Waals surface area contributed by atoms with Gasteiger partial charge in [-0.05, 0) is 91.1 Å². The highest BCUT2D eigenvalue weighted by atomic mass is 16.5. The summed E-state index contributed by atoms with van der Waals surface area (Å²) in [4.78, 5) is 71.3. The Balaban J connectivity index is 0.981. The van der Waals surface area contributed by atoms with E-state index in [1.807, 2.05) is 70.2 Å². The molecule has 0 unspecified atom stereocenters. The number of aliphatic hydroxyl groups is 1. The van der Waals surface area contributed by atoms with Crippen molar-refractivity contribution in [2.75, 3.05) is 20.8 Å². The highest BCUT2D eigenvalue weighted by Gasteiger charge is 2.61. The fraction of sp³-hybridized carbons (Fsp3) is 0.435. The lowest BCUT2D eigenvalue weighted by molar-refractivity contribution is -0.180. The van der Waals surface area contributed by atoms with E-state index in [0.29, 0.717) is 35.6 Å². The SMILES string of the molecule is COC(=O)N[C@H](C(=O)N1CCC[C@H]1c1ncc(-c2ccc3cc(C#Cc4ccc5nc([C@]6(O)[C@H]7CC[C@H](C7)N6C(=O)[C@@H](NC(=O)OC)C(C)C)[nH]c5c4)ccc3c2)[nH]1)C(C)C. The molecule has 2 aliphatic heterocycles. The van der Waals surface area contributed by atoms with Crippen LogP contribution >= 0.6 is 0 Å². The first-order chi connectivity index (χ1) is 29.3. The van der Waals surface area contributed by atoms with Crippen molar-refractivity contribution in [1.29, 1.82) is 0 Å². The van der Waals surface area contributed by atoms with E-state index in [9.17, 15) is 24.3 Å². The highest BCUT2D eigenvalue weighted by Crippen LogP contribution is 2.53. The second-order valence-electron chi connectivity index (χ2n) is 17.0. The molecular weight excluding hydrogens is 777 g/mol. The molecule has 2 saturated heterocycles. The number of imidazole rings is 2. The number of nitrogens with one attached hydrogen (secondary N) is 4. The van der Waals surface area contributed by atoms with Crippen LogP contribution in [0.25, 0.3) is 33.1 Å². The van der Waals surface area contributed by atoms with Gasteiger partial charge in [0.2, 0.25) is 17.5 Å². The lowest BCUT2D eigenvalue weighted by atomic mass is 9.92. The number of benzene rings is 3. The number of carbonyl (C=O) groups is 4. The summed E-state index contributed by atoms with van der Waals surface area (Å²) in [6, 6.07) is 15.9. The standard InChI is InChI=1S/C46H52N8O7/c1-25(2)38(51-44(57)60-5)41(55)53-19-7-8-37(53)40-47-24-36(48-40)31-15-14-29-20-27(11-13-30(29)22-31)9-10-28-12-18-34-35(21-28)50-43(49-34)46(59)32-16-17-33(23-32)54(46)42(56)39(26(3)4)52-45(58)61-6/h11-15,18,20-22,24-26,32-33,37-39,59H,7-8,16-17,19,23H2,1-6H3,(H,47,48)(H,49,50)(H,51,57)(H,52,58)/t32-,33+,37-,38-,39-,46+/m0/s1. The van der Waals surface area contributed by atoms with Crippen LogP contribution in [-0.2, 0) is 24.8 Å². The Kier molecular flexibility index (Phi) is 11.2. The Morgan fingerprint density at radius 1 is 0.836 bits per heavy atom. The predicted molar refractivity (Wildman–Crippen MR) is 227 cm³/mol. The normalized spacial score (nSPS) is 21.8. The average molecular weight is 829 g/mol. The third-order valence-electron chi connectivity index (χ3n) is 12.5. The van der Waals surface area contributed by atoms with Crippen LogP contribution in [0.5, 0.6) is 0 Å². The van der Waals surface area contributed by atoms with E-state index < -0.39 is 30.0 Å². The third kappa shape index (κ3) is 7.76. The fourth-order valence-electron chi connectivity index (χ4n) is 9.28. The molecule has 61 heavy (non-hydrogen) atoms. The zero-order valence-electron chi connectivity index (χ0n) is 35.2. The molecule has 0 radical (unpaired) electrons. The third-order valence-corrected chi connectivity index (χ3v) is 12.5. The number of fused-ring (bicyclic) bond motifs is 4. The largest absolute Gasteiger partial charge is 0.453 e. The molecular formula is C46H52N8O7. The molecule has 2 bridgehead atoms. The average Bonchev–Trinajstić information content (AvgIpc) is 4.11. The predicted octanol–water partition coefficient (Wildman–Crippen LogP) is 6.09. The number of ether oxygens (including phenoxy) is 2. The van der Waals surface area contributed by atoms with Gasteiger partial charge < -0.3 is 45.0 Å². The van der Waals surface area contributed by atoms with Gasteiger partial charge in [-0.1, -0.05) is 57.7 Å². The molecule has 0 spiro atoms. The summed E-state index contributed by atoms with van der Waals surface area (Å²) >= 11 is 0. The summed E-state index contributed by atoms with van der Waals surface area (Å²) in [5.41, 5.74) is 3.08. The van der Waals surface area contributed by atoms with Crippen molar-refractivity contribution in [3.63, 3.8) is 0 Å². The van der Waals surface area contributed by atoms with Gasteiger partial charge in [-0.3, -0.25) is 9.59 Å². The number of nitrogens with zero attached hydrogens (tertiary/aromatic N) is 4. The number of H-pyrrole nitrogens is 2. The summed E-state index contributed by atoms with van der Waals surface area (Å²) in [6.45, 7) is 8.06. The monoisotopic (exact) mass is 828 g/mol. The number of methoxy groups -OCH3 is 2. The molecule has 5 aromatic rings. The highest BCUT2D eigenvalue weighted by molar-refractivity contribution is 5.89. The van der Waals surface area contributed by atoms with E-state index in [0.717, 1.165) is 58.8 Å². The zero-order valence-corrected chi connectivity index (χ0v) is 35.2. The van der Waals surface area contributed by atoms with E-state index in [1.165, 1.54) is 19.1 Å². The summed E-state index contributed by atoms with van der Waals surface area (Å²) in [7, 11) is 2.54. The van der Waals surface area contributed by atoms with Crippen LogP contribution in [0.4, 0.5) is 9.59 Å². The van der Waals surface area contributed by atoms with Crippen LogP contribution < -0.4 is 10.6 Å². The molecule has 3 fully saturated rings. The molecule has 2 aromatic heterocycles. The van der Waals surface area contributed by atoms with Gasteiger partial charge >= 0.3 is 12.2 Å². The van der Waals surface area contributed by atoms with Crippen molar-refractivity contribution in [2.45, 2.75) is 89.7 Å². The van der Waals surface area contributed by atoms with Crippen LogP contribution in [-0.4, -0.2) is 97.7 Å². The number of aromatic amines is 2. The second kappa shape index (κ2) is 16.6. The van der Waals surface area contributed by atoms with Crippen molar-refractivity contribution in [3.8, 4) is 23.1 Å². The molecule has 3 aromatic carbocycles. The van der Waals surface area contributed by atoms with Crippen LogP contribution in [0.2, 0.25) is 0 Å². The van der Waals surface area contributed by atoms with Gasteiger partial charge in [0.25, 0.3) is 0 Å². The van der Waals surface area contributed by atoms with Crippen molar-refractivity contribution < 1.29 is 33.8 Å². The summed E-state index contributed by atoms with van der Waals surface area (Å²) in [6.07, 6.45) is 4.24. The number of aromatic nitrogens is 4. The van der Waals surface area contributed by atoms with Gasteiger partial charge in [0.05, 0.1) is 43.2 Å². The molecule has 318 valence electrons. The number of alkyl carbamates (subject to hydrolysis) is 2. The summed E-state index contributed by atoms with van der Waals surface area (Å²) in [5, 5.41) is 19.7. The minimum absolute atomic E-state index is 0.117. The maximum absolute atomic E-state index is 14.0. The zero-order chi connectivity index (χ0) is 43.2. The van der Waals surface area contributed by atoms with Crippen molar-refractivity contribution in [2.24, 2.45) is 17.8 Å². The summed E-state index contributed by atoms with van der Waals surface area (Å²) < 4.78 is 9.55. The van der Waals surface area contributed by atoms with Gasteiger partial charge in [0.1, 0.15) is 17.9 Å². The lowest BCUT2D eigenvalue weighted by Gasteiger charge is -2.43. The number of amides is 4. The topological polar surface area (TPSA) is 195 Å². The lowest BCUT2D eigenvalue weighted by Crippen LogP contribution is -2.60. The van der Waals surface area contributed by atoms with Gasteiger partial charge in [-0.25, -0.2) is 19.6 Å². The van der Waals surface area contributed by atoms with Gasteiger partial charge in [-0.2, -0.15) is 0 Å². The number of hydrogen-bond acceptors (Lipinski definition) is 9. The molecule has 5 N–H and O–H groups in total. The van der Waals surface area contributed by atoms with E-state index in [4.69, 9.17) is 19.4 Å². The molecule has 6 atom stereocenters. The molecule has 15 heteroatoms. The molecule has 1 aliphatic carbocycles.